The minimum Gasteiger partial charge on any atom is -0.445 e. The molecule has 0 saturated carbocycles. The van der Waals surface area contributed by atoms with Crippen LogP contribution in [0.1, 0.15) is 94.8 Å². The van der Waals surface area contributed by atoms with E-state index in [1.54, 1.807) is 19.1 Å². The van der Waals surface area contributed by atoms with Crippen LogP contribution in [0.5, 0.6) is 0 Å². The van der Waals surface area contributed by atoms with Gasteiger partial charge in [0.2, 0.25) is 24.0 Å². The molecule has 1 aliphatic carbocycles. The summed E-state index contributed by atoms with van der Waals surface area (Å²) in [6, 6.07) is 10.9. The molecule has 4 aromatic rings. The molecule has 2 heterocycles. The first-order valence-electron chi connectivity index (χ1n) is 17.6. The largest absolute Gasteiger partial charge is 0.445 e. The molecule has 6 atom stereocenters. The number of nitrogens with one attached hydrogen (secondary N) is 4. The molecule has 0 saturated heterocycles. The first-order valence-corrected chi connectivity index (χ1v) is 18.4. The van der Waals surface area contributed by atoms with Crippen LogP contribution in [0.3, 0.4) is 0 Å². The van der Waals surface area contributed by atoms with Crippen LogP contribution in [-0.2, 0) is 38.5 Å². The summed E-state index contributed by atoms with van der Waals surface area (Å²) < 4.78 is 16.5. The number of aromatic nitrogens is 3. The van der Waals surface area contributed by atoms with Gasteiger partial charge in [0.05, 0.1) is 10.5 Å². The summed E-state index contributed by atoms with van der Waals surface area (Å²) in [5.41, 5.74) is 1.66. The van der Waals surface area contributed by atoms with E-state index in [0.29, 0.717) is 34.8 Å². The number of aromatic amines is 1. The summed E-state index contributed by atoms with van der Waals surface area (Å²) in [6.07, 6.45) is -0.292. The molecular weight excluding hydrogens is 711 g/mol. The molecule has 0 radical (unpaired) electrons. The molecule has 1 aliphatic rings. The number of H-pyrrole nitrogens is 1. The van der Waals surface area contributed by atoms with E-state index in [9.17, 15) is 19.5 Å². The van der Waals surface area contributed by atoms with Crippen LogP contribution in [0.25, 0.3) is 10.9 Å². The summed E-state index contributed by atoms with van der Waals surface area (Å²) in [4.78, 5) is 45.5. The van der Waals surface area contributed by atoms with E-state index >= 15 is 0 Å². The molecule has 2 aromatic carbocycles. The molecule has 0 fully saturated rings. The van der Waals surface area contributed by atoms with Gasteiger partial charge in [-0.05, 0) is 54.9 Å². The number of halogens is 2. The van der Waals surface area contributed by atoms with Crippen LogP contribution in [0.15, 0.2) is 46.9 Å². The lowest BCUT2D eigenvalue weighted by Gasteiger charge is -2.39. The maximum atomic E-state index is 14.8. The molecule has 3 amide bonds. The Morgan fingerprint density at radius 3 is 2.42 bits per heavy atom. The van der Waals surface area contributed by atoms with E-state index in [-0.39, 0.29) is 49.7 Å². The molecule has 0 spiro atoms. The number of nitrogens with zero attached hydrogens (tertiary/aromatic N) is 2. The number of fused-ring (bicyclic) bond motifs is 3. The summed E-state index contributed by atoms with van der Waals surface area (Å²) in [5, 5.41) is 28.9. The topological polar surface area (TPSA) is 181 Å². The average molecular weight is 758 g/mol. The fraction of sp³-hybridized carbons (Fsp3) is 0.486. The highest BCUT2D eigenvalue weighted by Crippen LogP contribution is 2.39. The number of aliphatic hydroxyl groups is 1. The monoisotopic (exact) mass is 756 g/mol. The molecule has 280 valence electrons. The number of amides is 3. The summed E-state index contributed by atoms with van der Waals surface area (Å²) in [6.45, 7) is 9.60. The van der Waals surface area contributed by atoms with E-state index in [4.69, 9.17) is 37.1 Å². The van der Waals surface area contributed by atoms with Crippen molar-refractivity contribution in [3.63, 3.8) is 0 Å². The third-order valence-electron chi connectivity index (χ3n) is 9.84. The first-order chi connectivity index (χ1) is 24.9. The molecule has 52 heavy (non-hydrogen) atoms. The molecule has 0 bridgehead atoms. The normalized spacial score (nSPS) is 18.5. The van der Waals surface area contributed by atoms with E-state index in [1.807, 2.05) is 58.0 Å². The van der Waals surface area contributed by atoms with Gasteiger partial charge < -0.3 is 39.9 Å². The number of aryl methyl sites for hydroxylation is 1. The van der Waals surface area contributed by atoms with Gasteiger partial charge in [0.1, 0.15) is 24.2 Å². The Morgan fingerprint density at radius 1 is 1.02 bits per heavy atom. The van der Waals surface area contributed by atoms with Crippen LogP contribution in [0.4, 0.5) is 4.79 Å². The number of rotatable bonds is 15. The lowest BCUT2D eigenvalue weighted by molar-refractivity contribution is -0.136. The van der Waals surface area contributed by atoms with Crippen molar-refractivity contribution in [2.24, 2.45) is 11.8 Å². The van der Waals surface area contributed by atoms with Crippen LogP contribution in [0.2, 0.25) is 10.0 Å². The second kappa shape index (κ2) is 17.1. The lowest BCUT2D eigenvalue weighted by Crippen LogP contribution is -2.65. The Bertz CT molecular complexity index is 1870. The predicted octanol–water partition coefficient (Wildman–Crippen LogP) is 6.47. The van der Waals surface area contributed by atoms with E-state index < -0.39 is 41.8 Å². The molecule has 15 heteroatoms. The average Bonchev–Trinajstić information content (AvgIpc) is 3.77. The number of aliphatic hydroxyl groups excluding tert-OH is 1. The Kier molecular flexibility index (Phi) is 12.8. The molecule has 5 rings (SSSR count). The van der Waals surface area contributed by atoms with Crippen molar-refractivity contribution in [1.82, 2.24) is 31.1 Å². The van der Waals surface area contributed by atoms with Gasteiger partial charge in [-0.2, -0.15) is 0 Å². The SMILES string of the molecule is CCOC(O)c1nnc([C@@H](NC(=O)[C@@]2(NC(=O)[C@@H](NC(=O)OCc3ccccc3)C(C)CC)CCc3[nH]c4c(Cl)cc(Cl)cc4c3C2)C(C)CC)o1. The van der Waals surface area contributed by atoms with Gasteiger partial charge in [0, 0.05) is 29.1 Å². The quantitative estimate of drug-likeness (QED) is 0.0850. The maximum Gasteiger partial charge on any atom is 0.408 e. The van der Waals surface area contributed by atoms with E-state index in [1.165, 1.54) is 0 Å². The molecule has 2 aromatic heterocycles. The van der Waals surface area contributed by atoms with Gasteiger partial charge in [0.25, 0.3) is 5.89 Å². The Morgan fingerprint density at radius 2 is 1.73 bits per heavy atom. The number of carbonyl (C=O) groups is 3. The van der Waals surface area contributed by atoms with Gasteiger partial charge in [-0.25, -0.2) is 4.79 Å². The lowest BCUT2D eigenvalue weighted by atomic mass is 9.78. The second-order valence-electron chi connectivity index (χ2n) is 13.3. The summed E-state index contributed by atoms with van der Waals surface area (Å²) >= 11 is 13.0. The van der Waals surface area contributed by atoms with Gasteiger partial charge in [-0.1, -0.05) is 94.1 Å². The minimum absolute atomic E-state index is 0.0261. The van der Waals surface area contributed by atoms with Gasteiger partial charge >= 0.3 is 6.09 Å². The van der Waals surface area contributed by atoms with Crippen molar-refractivity contribution in [3.05, 3.63) is 81.1 Å². The van der Waals surface area contributed by atoms with Crippen molar-refractivity contribution >= 4 is 52.0 Å². The third kappa shape index (κ3) is 8.71. The number of alkyl carbamates (subject to hydrolysis) is 1. The van der Waals surface area contributed by atoms with Gasteiger partial charge in [0.15, 0.2) is 0 Å². The van der Waals surface area contributed by atoms with Crippen molar-refractivity contribution in [2.75, 3.05) is 6.61 Å². The fourth-order valence-corrected chi connectivity index (χ4v) is 6.94. The molecule has 5 N–H and O–H groups in total. The van der Waals surface area contributed by atoms with Crippen LogP contribution < -0.4 is 16.0 Å². The van der Waals surface area contributed by atoms with Crippen molar-refractivity contribution in [1.29, 1.82) is 0 Å². The number of benzene rings is 2. The zero-order chi connectivity index (χ0) is 37.6. The number of ether oxygens (including phenoxy) is 2. The highest BCUT2D eigenvalue weighted by molar-refractivity contribution is 6.38. The van der Waals surface area contributed by atoms with E-state index in [0.717, 1.165) is 22.2 Å². The fourth-order valence-electron chi connectivity index (χ4n) is 6.40. The van der Waals surface area contributed by atoms with Crippen LogP contribution in [-0.4, -0.2) is 56.4 Å². The molecule has 13 nitrogen and oxygen atoms in total. The van der Waals surface area contributed by atoms with Crippen LogP contribution in [0, 0.1) is 11.8 Å². The Hall–Kier alpha value is -4.17. The van der Waals surface area contributed by atoms with Gasteiger partial charge in [-0.15, -0.1) is 10.2 Å². The van der Waals surface area contributed by atoms with Crippen LogP contribution >= 0.6 is 23.2 Å². The number of hydrogen-bond acceptors (Lipinski definition) is 9. The maximum absolute atomic E-state index is 14.8. The highest BCUT2D eigenvalue weighted by Gasteiger charge is 2.47. The zero-order valence-electron chi connectivity index (χ0n) is 29.9. The summed E-state index contributed by atoms with van der Waals surface area (Å²) in [7, 11) is 0. The minimum atomic E-state index is -1.49. The van der Waals surface area contributed by atoms with Crippen molar-refractivity contribution < 1.29 is 33.4 Å². The zero-order valence-corrected chi connectivity index (χ0v) is 31.4. The van der Waals surface area contributed by atoms with E-state index in [2.05, 4.69) is 31.1 Å². The Balaban J connectivity index is 1.48. The number of hydrogen-bond donors (Lipinski definition) is 5. The molecular formula is C37H46Cl2N6O7. The third-order valence-corrected chi connectivity index (χ3v) is 10.4. The highest BCUT2D eigenvalue weighted by atomic mass is 35.5. The predicted molar refractivity (Wildman–Crippen MR) is 195 cm³/mol. The molecule has 0 aliphatic heterocycles. The van der Waals surface area contributed by atoms with Gasteiger partial charge in [-0.3, -0.25) is 9.59 Å². The van der Waals surface area contributed by atoms with Crippen molar-refractivity contribution in [3.8, 4) is 0 Å². The smallest absolute Gasteiger partial charge is 0.408 e. The first kappa shape index (κ1) is 39.0. The second-order valence-corrected chi connectivity index (χ2v) is 14.2. The number of carbonyl (C=O) groups excluding carboxylic acids is 3. The standard InChI is InChI=1S/C37H46Cl2N6O7/c1-6-20(4)28(42-36(49)51-19-22-12-10-9-11-13-22)31(46)43-37(15-14-27-25(18-37)24-16-23(38)17-26(39)30(24)40-27)35(48)41-29(21(5)7-2)32-44-45-33(52-32)34(47)50-8-3/h9-13,16-17,20-21,28-29,34,40,47H,6-8,14-15,18-19H2,1-5H3,(H,41,48)(H,42,49)(H,43,46)/t20?,21?,28-,29-,34?,37+/m0/s1. The summed E-state index contributed by atoms with van der Waals surface area (Å²) in [5.74, 6) is -1.58. The van der Waals surface area contributed by atoms with Crippen molar-refractivity contribution in [2.45, 2.75) is 97.2 Å². The molecule has 3 unspecified atom stereocenters. The Labute approximate surface area is 312 Å².